The van der Waals surface area contributed by atoms with E-state index in [0.717, 1.165) is 6.07 Å². The van der Waals surface area contributed by atoms with E-state index >= 15 is 0 Å². The van der Waals surface area contributed by atoms with Crippen LogP contribution in [-0.2, 0) is 6.18 Å². The number of hydrogen-bond donors (Lipinski definition) is 0. The fourth-order valence-electron chi connectivity index (χ4n) is 1.58. The van der Waals surface area contributed by atoms with Crippen molar-refractivity contribution < 1.29 is 18.0 Å². The molecule has 1 heterocycles. The lowest BCUT2D eigenvalue weighted by Gasteiger charge is -2.09. The third-order valence-corrected chi connectivity index (χ3v) is 3.65. The highest BCUT2D eigenvalue weighted by atomic mass is 79.9. The first-order valence-electron chi connectivity index (χ1n) is 5.43. The van der Waals surface area contributed by atoms with Crippen LogP contribution in [0, 0.1) is 0 Å². The molecule has 0 saturated carbocycles. The van der Waals surface area contributed by atoms with Crippen LogP contribution >= 0.6 is 39.1 Å². The molecule has 0 N–H and O–H groups in total. The normalized spacial score (nSPS) is 11.5. The number of ketones is 1. The second kappa shape index (κ2) is 5.94. The number of carbonyl (C=O) groups is 1. The molecule has 2 rings (SSSR count). The van der Waals surface area contributed by atoms with Crippen LogP contribution < -0.4 is 0 Å². The fourth-order valence-corrected chi connectivity index (χ4v) is 2.58. The summed E-state index contributed by atoms with van der Waals surface area (Å²) in [5.74, 6) is -0.598. The highest BCUT2D eigenvalue weighted by molar-refractivity contribution is 9.10. The van der Waals surface area contributed by atoms with Crippen LogP contribution in [0.25, 0.3) is 0 Å². The first-order chi connectivity index (χ1) is 9.70. The summed E-state index contributed by atoms with van der Waals surface area (Å²) in [6, 6.07) is 6.22. The van der Waals surface area contributed by atoms with Gasteiger partial charge >= 0.3 is 6.18 Å². The summed E-state index contributed by atoms with van der Waals surface area (Å²) in [4.78, 5) is 15.5. The molecule has 21 heavy (non-hydrogen) atoms. The molecule has 0 fully saturated rings. The molecule has 0 unspecified atom stereocenters. The molecule has 0 aliphatic carbocycles. The molecule has 2 aromatic rings. The van der Waals surface area contributed by atoms with E-state index in [2.05, 4.69) is 20.9 Å². The van der Waals surface area contributed by atoms with Gasteiger partial charge in [-0.2, -0.15) is 13.2 Å². The Morgan fingerprint density at radius 1 is 1.10 bits per heavy atom. The largest absolute Gasteiger partial charge is 0.433 e. The molecule has 0 radical (unpaired) electrons. The molecular weight excluding hydrogens is 394 g/mol. The van der Waals surface area contributed by atoms with Crippen molar-refractivity contribution in [3.05, 3.63) is 61.8 Å². The van der Waals surface area contributed by atoms with Crippen molar-refractivity contribution in [3.63, 3.8) is 0 Å². The quantitative estimate of drug-likeness (QED) is 0.500. The summed E-state index contributed by atoms with van der Waals surface area (Å²) < 4.78 is 38.2. The molecule has 0 aliphatic rings. The average Bonchev–Trinajstić information content (AvgIpc) is 2.36. The summed E-state index contributed by atoms with van der Waals surface area (Å²) >= 11 is 14.8. The lowest BCUT2D eigenvalue weighted by molar-refractivity contribution is -0.141. The van der Waals surface area contributed by atoms with Crippen molar-refractivity contribution >= 4 is 44.9 Å². The van der Waals surface area contributed by atoms with Gasteiger partial charge in [-0.15, -0.1) is 0 Å². The highest BCUT2D eigenvalue weighted by Gasteiger charge is 2.33. The van der Waals surface area contributed by atoms with Crippen LogP contribution in [0.2, 0.25) is 10.2 Å². The number of rotatable bonds is 2. The topological polar surface area (TPSA) is 30.0 Å². The minimum Gasteiger partial charge on any atom is -0.288 e. The maximum absolute atomic E-state index is 12.5. The van der Waals surface area contributed by atoms with Gasteiger partial charge in [-0.25, -0.2) is 4.98 Å². The Kier molecular flexibility index (Phi) is 4.60. The van der Waals surface area contributed by atoms with Crippen LogP contribution in [0.15, 0.2) is 34.8 Å². The van der Waals surface area contributed by atoms with E-state index < -0.39 is 22.8 Å². The molecule has 0 bridgehead atoms. The Balaban J connectivity index is 2.45. The summed E-state index contributed by atoms with van der Waals surface area (Å²) in [7, 11) is 0. The number of halogens is 6. The van der Waals surface area contributed by atoms with Gasteiger partial charge in [-0.3, -0.25) is 4.79 Å². The molecular formula is C13H5BrCl2F3NO. The maximum atomic E-state index is 12.5. The number of nitrogens with zero attached hydrogens (tertiary/aromatic N) is 1. The second-order valence-electron chi connectivity index (χ2n) is 3.99. The predicted molar refractivity (Wildman–Crippen MR) is 76.8 cm³/mol. The van der Waals surface area contributed by atoms with Crippen molar-refractivity contribution in [1.82, 2.24) is 4.98 Å². The number of alkyl halides is 3. The molecule has 0 aliphatic heterocycles. The fraction of sp³-hybridized carbons (Fsp3) is 0.0769. The number of benzene rings is 1. The van der Waals surface area contributed by atoms with E-state index in [4.69, 9.17) is 23.2 Å². The Morgan fingerprint density at radius 2 is 1.71 bits per heavy atom. The smallest absolute Gasteiger partial charge is 0.288 e. The SMILES string of the molecule is O=C(c1ccc(Br)cc1Cl)c1ccc(C(F)(F)F)nc1Cl. The van der Waals surface area contributed by atoms with Crippen LogP contribution in [0.3, 0.4) is 0 Å². The number of aromatic nitrogens is 1. The Morgan fingerprint density at radius 3 is 2.24 bits per heavy atom. The lowest BCUT2D eigenvalue weighted by Crippen LogP contribution is -2.11. The van der Waals surface area contributed by atoms with Crippen LogP contribution in [0.4, 0.5) is 13.2 Å². The maximum Gasteiger partial charge on any atom is 0.433 e. The Hall–Kier alpha value is -1.11. The summed E-state index contributed by atoms with van der Waals surface area (Å²) in [5.41, 5.74) is -1.18. The van der Waals surface area contributed by atoms with Crippen molar-refractivity contribution in [1.29, 1.82) is 0 Å². The zero-order valence-electron chi connectivity index (χ0n) is 10.0. The zero-order chi connectivity index (χ0) is 15.8. The number of carbonyl (C=O) groups excluding carboxylic acids is 1. The second-order valence-corrected chi connectivity index (χ2v) is 5.67. The molecule has 1 aromatic carbocycles. The summed E-state index contributed by atoms with van der Waals surface area (Å²) in [6.07, 6.45) is -4.62. The van der Waals surface area contributed by atoms with Gasteiger partial charge in [0.25, 0.3) is 0 Å². The van der Waals surface area contributed by atoms with Gasteiger partial charge in [-0.05, 0) is 30.3 Å². The molecule has 0 amide bonds. The van der Waals surface area contributed by atoms with E-state index in [-0.39, 0.29) is 16.1 Å². The minimum atomic E-state index is -4.62. The van der Waals surface area contributed by atoms with Gasteiger partial charge in [0.15, 0.2) is 5.78 Å². The van der Waals surface area contributed by atoms with E-state index in [1.807, 2.05) is 0 Å². The van der Waals surface area contributed by atoms with E-state index in [0.29, 0.717) is 10.5 Å². The first-order valence-corrected chi connectivity index (χ1v) is 6.98. The van der Waals surface area contributed by atoms with Gasteiger partial charge in [0.2, 0.25) is 0 Å². The lowest BCUT2D eigenvalue weighted by atomic mass is 10.0. The molecule has 8 heteroatoms. The monoisotopic (exact) mass is 397 g/mol. The van der Waals surface area contributed by atoms with Crippen LogP contribution in [0.5, 0.6) is 0 Å². The van der Waals surface area contributed by atoms with E-state index in [1.54, 1.807) is 6.07 Å². The highest BCUT2D eigenvalue weighted by Crippen LogP contribution is 2.31. The molecule has 110 valence electrons. The van der Waals surface area contributed by atoms with Gasteiger partial charge < -0.3 is 0 Å². The van der Waals surface area contributed by atoms with Gasteiger partial charge in [0, 0.05) is 10.0 Å². The number of hydrogen-bond acceptors (Lipinski definition) is 2. The van der Waals surface area contributed by atoms with Gasteiger partial charge in [0.05, 0.1) is 10.6 Å². The van der Waals surface area contributed by atoms with Gasteiger partial charge in [0.1, 0.15) is 10.8 Å². The third kappa shape index (κ3) is 3.56. The zero-order valence-corrected chi connectivity index (χ0v) is 13.1. The van der Waals surface area contributed by atoms with Crippen molar-refractivity contribution in [3.8, 4) is 0 Å². The predicted octanol–water partition coefficient (Wildman–Crippen LogP) is 5.40. The van der Waals surface area contributed by atoms with Crippen LogP contribution in [-0.4, -0.2) is 10.8 Å². The van der Waals surface area contributed by atoms with Gasteiger partial charge in [-0.1, -0.05) is 39.1 Å². The molecule has 0 spiro atoms. The van der Waals surface area contributed by atoms with E-state index in [9.17, 15) is 18.0 Å². The van der Waals surface area contributed by atoms with E-state index in [1.165, 1.54) is 12.1 Å². The minimum absolute atomic E-state index is 0.128. The molecule has 0 atom stereocenters. The third-order valence-electron chi connectivity index (χ3n) is 2.56. The average molecular weight is 399 g/mol. The van der Waals surface area contributed by atoms with Crippen LogP contribution in [0.1, 0.15) is 21.6 Å². The Bertz CT molecular complexity index is 719. The van der Waals surface area contributed by atoms with Crippen molar-refractivity contribution in [2.45, 2.75) is 6.18 Å². The first kappa shape index (κ1) is 16.3. The standard InChI is InChI=1S/C13H5BrCl2F3NO/c14-6-1-2-7(9(15)5-6)11(21)8-3-4-10(13(17,18)19)20-12(8)16/h1-5H. The van der Waals surface area contributed by atoms with Crippen molar-refractivity contribution in [2.75, 3.05) is 0 Å². The molecule has 1 aromatic heterocycles. The molecule has 0 saturated heterocycles. The summed E-state index contributed by atoms with van der Waals surface area (Å²) in [6.45, 7) is 0. The summed E-state index contributed by atoms with van der Waals surface area (Å²) in [5, 5.41) is -0.362. The number of pyridine rings is 1. The Labute approximate surface area is 136 Å². The van der Waals surface area contributed by atoms with Crippen molar-refractivity contribution in [2.24, 2.45) is 0 Å². The molecule has 2 nitrogen and oxygen atoms in total.